The highest BCUT2D eigenvalue weighted by Crippen LogP contribution is 2.39. The van der Waals surface area contributed by atoms with Crippen LogP contribution in [0.5, 0.6) is 0 Å². The fourth-order valence-corrected chi connectivity index (χ4v) is 3.87. The summed E-state index contributed by atoms with van der Waals surface area (Å²) in [6, 6.07) is 18.2. The highest BCUT2D eigenvalue weighted by atomic mass is 32.2. The fraction of sp³-hybridized carbons (Fsp3) is 0.100. The lowest BCUT2D eigenvalue weighted by Gasteiger charge is -2.16. The maximum Gasteiger partial charge on any atom is 0.298 e. The standard InChI is InChI=1S/C20H16N2O2S/c1-13(15-8-4-3-5-9-15)21-12-18(16-10-6-7-11-17(16)21)22-14(2)19(23)25-20(22)24/h3-13H,2H2,1H3. The Morgan fingerprint density at radius 1 is 1.00 bits per heavy atom. The van der Waals surface area contributed by atoms with Crippen molar-refractivity contribution in [2.24, 2.45) is 0 Å². The van der Waals surface area contributed by atoms with Gasteiger partial charge in [-0.05, 0) is 18.6 Å². The Kier molecular flexibility index (Phi) is 3.73. The SMILES string of the molecule is C=C1C(=O)SC(=O)N1c1cn(C(C)c2ccccc2)c2ccccc12. The van der Waals surface area contributed by atoms with Crippen LogP contribution in [0.1, 0.15) is 18.5 Å². The van der Waals surface area contributed by atoms with E-state index in [0.717, 1.165) is 10.9 Å². The second-order valence-corrected chi connectivity index (χ2v) is 6.89. The molecule has 0 saturated carbocycles. The molecule has 1 atom stereocenters. The Bertz CT molecular complexity index is 1010. The lowest BCUT2D eigenvalue weighted by atomic mass is 10.1. The summed E-state index contributed by atoms with van der Waals surface area (Å²) < 4.78 is 2.13. The van der Waals surface area contributed by atoms with Gasteiger partial charge in [0.2, 0.25) is 5.12 Å². The fourth-order valence-electron chi connectivity index (χ4n) is 3.21. The first-order valence-corrected chi connectivity index (χ1v) is 8.79. The lowest BCUT2D eigenvalue weighted by Crippen LogP contribution is -2.20. The van der Waals surface area contributed by atoms with Crippen molar-refractivity contribution in [1.82, 2.24) is 4.57 Å². The molecule has 1 aromatic heterocycles. The monoisotopic (exact) mass is 348 g/mol. The minimum Gasteiger partial charge on any atom is -0.338 e. The minimum absolute atomic E-state index is 0.0918. The zero-order valence-electron chi connectivity index (χ0n) is 13.7. The number of rotatable bonds is 3. The highest BCUT2D eigenvalue weighted by molar-refractivity contribution is 8.27. The molecule has 0 N–H and O–H groups in total. The molecule has 124 valence electrons. The summed E-state index contributed by atoms with van der Waals surface area (Å²) in [6.07, 6.45) is 1.94. The third-order valence-corrected chi connectivity index (χ3v) is 5.31. The Morgan fingerprint density at radius 2 is 1.68 bits per heavy atom. The molecule has 4 nitrogen and oxygen atoms in total. The average Bonchev–Trinajstić information content (AvgIpc) is 3.12. The second kappa shape index (κ2) is 5.93. The van der Waals surface area contributed by atoms with Crippen molar-refractivity contribution in [1.29, 1.82) is 0 Å². The van der Waals surface area contributed by atoms with Crippen molar-refractivity contribution < 1.29 is 9.59 Å². The third kappa shape index (κ3) is 2.48. The number of para-hydroxylation sites is 1. The molecular weight excluding hydrogens is 332 g/mol. The molecule has 0 bridgehead atoms. The molecule has 0 radical (unpaired) electrons. The molecule has 25 heavy (non-hydrogen) atoms. The molecule has 1 aliphatic heterocycles. The lowest BCUT2D eigenvalue weighted by molar-refractivity contribution is -0.107. The van der Waals surface area contributed by atoms with Gasteiger partial charge in [-0.25, -0.2) is 0 Å². The molecular formula is C20H16N2O2S. The number of benzene rings is 2. The van der Waals surface area contributed by atoms with E-state index >= 15 is 0 Å². The zero-order chi connectivity index (χ0) is 17.6. The van der Waals surface area contributed by atoms with Gasteiger partial charge in [0.25, 0.3) is 5.24 Å². The summed E-state index contributed by atoms with van der Waals surface area (Å²) >= 11 is 0.693. The van der Waals surface area contributed by atoms with E-state index in [1.807, 2.05) is 48.7 Å². The number of fused-ring (bicyclic) bond motifs is 1. The summed E-state index contributed by atoms with van der Waals surface area (Å²) in [7, 11) is 0. The van der Waals surface area contributed by atoms with Gasteiger partial charge in [0, 0.05) is 23.3 Å². The van der Waals surface area contributed by atoms with E-state index in [0.29, 0.717) is 17.4 Å². The minimum atomic E-state index is -0.301. The van der Waals surface area contributed by atoms with E-state index in [1.165, 1.54) is 10.5 Å². The zero-order valence-corrected chi connectivity index (χ0v) is 14.5. The molecule has 2 aromatic carbocycles. The van der Waals surface area contributed by atoms with Crippen molar-refractivity contribution in [3.63, 3.8) is 0 Å². The van der Waals surface area contributed by atoms with E-state index in [4.69, 9.17) is 0 Å². The van der Waals surface area contributed by atoms with Crippen LogP contribution in [0.3, 0.4) is 0 Å². The van der Waals surface area contributed by atoms with E-state index in [-0.39, 0.29) is 22.1 Å². The number of hydrogen-bond acceptors (Lipinski definition) is 3. The Balaban J connectivity index is 1.89. The number of hydrogen-bond donors (Lipinski definition) is 0. The van der Waals surface area contributed by atoms with Crippen LogP contribution in [-0.2, 0) is 4.79 Å². The number of amides is 1. The van der Waals surface area contributed by atoms with Crippen LogP contribution >= 0.6 is 11.8 Å². The van der Waals surface area contributed by atoms with E-state index in [1.54, 1.807) is 0 Å². The predicted octanol–water partition coefficient (Wildman–Crippen LogP) is 4.96. The predicted molar refractivity (Wildman–Crippen MR) is 102 cm³/mol. The van der Waals surface area contributed by atoms with Crippen LogP contribution in [0.4, 0.5) is 10.5 Å². The maximum atomic E-state index is 12.3. The van der Waals surface area contributed by atoms with Crippen LogP contribution in [-0.4, -0.2) is 14.9 Å². The first-order chi connectivity index (χ1) is 12.1. The number of thioether (sulfide) groups is 1. The maximum absolute atomic E-state index is 12.3. The van der Waals surface area contributed by atoms with E-state index in [9.17, 15) is 9.59 Å². The topological polar surface area (TPSA) is 42.3 Å². The van der Waals surface area contributed by atoms with Crippen molar-refractivity contribution in [2.45, 2.75) is 13.0 Å². The molecule has 1 unspecified atom stereocenters. The van der Waals surface area contributed by atoms with Gasteiger partial charge < -0.3 is 4.57 Å². The van der Waals surface area contributed by atoms with Gasteiger partial charge in [0.1, 0.15) is 0 Å². The van der Waals surface area contributed by atoms with Gasteiger partial charge in [-0.15, -0.1) is 0 Å². The number of carbonyl (C=O) groups is 2. The molecule has 5 heteroatoms. The van der Waals surface area contributed by atoms with Crippen LogP contribution in [0.2, 0.25) is 0 Å². The molecule has 2 heterocycles. The normalized spacial score (nSPS) is 16.0. The highest BCUT2D eigenvalue weighted by Gasteiger charge is 2.36. The van der Waals surface area contributed by atoms with Crippen molar-refractivity contribution in [3.8, 4) is 0 Å². The number of aromatic nitrogens is 1. The molecule has 0 aliphatic carbocycles. The second-order valence-electron chi connectivity index (χ2n) is 5.96. The van der Waals surface area contributed by atoms with E-state index < -0.39 is 0 Å². The summed E-state index contributed by atoms with van der Waals surface area (Å²) in [5, 5.41) is 0.332. The van der Waals surface area contributed by atoms with E-state index in [2.05, 4.69) is 30.2 Å². The average molecular weight is 348 g/mol. The first kappa shape index (κ1) is 15.7. The van der Waals surface area contributed by atoms with Gasteiger partial charge in [0.05, 0.1) is 22.9 Å². The van der Waals surface area contributed by atoms with Crippen LogP contribution in [0.15, 0.2) is 73.1 Å². The molecule has 4 rings (SSSR count). The molecule has 3 aromatic rings. The Labute approximate surface area is 149 Å². The molecule has 1 saturated heterocycles. The summed E-state index contributed by atoms with van der Waals surface area (Å²) in [4.78, 5) is 25.6. The Hall–Kier alpha value is -2.79. The number of carbonyl (C=O) groups excluding carboxylic acids is 2. The van der Waals surface area contributed by atoms with Gasteiger partial charge >= 0.3 is 0 Å². The molecule has 1 aliphatic rings. The summed E-state index contributed by atoms with van der Waals surface area (Å²) in [5.41, 5.74) is 3.10. The number of nitrogens with zero attached hydrogens (tertiary/aromatic N) is 2. The summed E-state index contributed by atoms with van der Waals surface area (Å²) in [5.74, 6) is 0. The molecule has 1 amide bonds. The third-order valence-electron chi connectivity index (χ3n) is 4.53. The van der Waals surface area contributed by atoms with Gasteiger partial charge in [0.15, 0.2) is 0 Å². The van der Waals surface area contributed by atoms with Gasteiger partial charge in [-0.3, -0.25) is 14.5 Å². The van der Waals surface area contributed by atoms with Crippen LogP contribution in [0.25, 0.3) is 10.9 Å². The van der Waals surface area contributed by atoms with Gasteiger partial charge in [-0.1, -0.05) is 55.1 Å². The smallest absolute Gasteiger partial charge is 0.298 e. The molecule has 0 spiro atoms. The van der Waals surface area contributed by atoms with Crippen molar-refractivity contribution >= 4 is 38.7 Å². The van der Waals surface area contributed by atoms with Crippen LogP contribution < -0.4 is 4.90 Å². The Morgan fingerprint density at radius 3 is 2.36 bits per heavy atom. The number of anilines is 1. The van der Waals surface area contributed by atoms with Crippen molar-refractivity contribution in [2.75, 3.05) is 4.90 Å². The van der Waals surface area contributed by atoms with Crippen molar-refractivity contribution in [3.05, 3.63) is 78.6 Å². The van der Waals surface area contributed by atoms with Gasteiger partial charge in [-0.2, -0.15) is 0 Å². The quantitative estimate of drug-likeness (QED) is 0.628. The molecule has 1 fully saturated rings. The summed E-state index contributed by atoms with van der Waals surface area (Å²) in [6.45, 7) is 5.91. The largest absolute Gasteiger partial charge is 0.338 e. The first-order valence-electron chi connectivity index (χ1n) is 7.97. The van der Waals surface area contributed by atoms with Crippen LogP contribution in [0, 0.1) is 0 Å².